The molecule has 3 nitrogen and oxygen atoms in total. The quantitative estimate of drug-likeness (QED) is 0.897. The van der Waals surface area contributed by atoms with Gasteiger partial charge in [0.05, 0.1) is 6.04 Å². The van der Waals surface area contributed by atoms with Gasteiger partial charge in [-0.2, -0.15) is 0 Å². The van der Waals surface area contributed by atoms with E-state index in [0.29, 0.717) is 10.0 Å². The molecule has 0 saturated carbocycles. The Morgan fingerprint density at radius 3 is 2.43 bits per heavy atom. The monoisotopic (exact) mass is 322 g/mol. The van der Waals surface area contributed by atoms with Crippen LogP contribution in [-0.2, 0) is 4.79 Å². The van der Waals surface area contributed by atoms with Crippen LogP contribution in [0.4, 0.5) is 0 Å². The molecule has 0 heterocycles. The SMILES string of the molecule is CC(NC(=O)C(N)c1ccccc1)c1ccc(Cl)cc1Cl. The van der Waals surface area contributed by atoms with Crippen LogP contribution in [0.2, 0.25) is 10.0 Å². The summed E-state index contributed by atoms with van der Waals surface area (Å²) < 4.78 is 0. The number of rotatable bonds is 4. The summed E-state index contributed by atoms with van der Waals surface area (Å²) in [6.07, 6.45) is 0. The average molecular weight is 323 g/mol. The third kappa shape index (κ3) is 3.97. The second-order valence-corrected chi connectivity index (χ2v) is 5.63. The van der Waals surface area contributed by atoms with Gasteiger partial charge in [-0.25, -0.2) is 0 Å². The molecule has 0 fully saturated rings. The zero-order chi connectivity index (χ0) is 15.4. The molecule has 3 N–H and O–H groups in total. The molecule has 0 aliphatic rings. The fourth-order valence-electron chi connectivity index (χ4n) is 2.05. The zero-order valence-electron chi connectivity index (χ0n) is 11.5. The first-order valence-electron chi connectivity index (χ1n) is 6.55. The van der Waals surface area contributed by atoms with E-state index in [1.807, 2.05) is 37.3 Å². The van der Waals surface area contributed by atoms with E-state index in [4.69, 9.17) is 28.9 Å². The van der Waals surface area contributed by atoms with E-state index < -0.39 is 6.04 Å². The number of carbonyl (C=O) groups excluding carboxylic acids is 1. The second-order valence-electron chi connectivity index (χ2n) is 4.78. The molecule has 21 heavy (non-hydrogen) atoms. The van der Waals surface area contributed by atoms with Crippen LogP contribution in [0.1, 0.15) is 30.1 Å². The topological polar surface area (TPSA) is 55.1 Å². The summed E-state index contributed by atoms with van der Waals surface area (Å²) in [6, 6.07) is 13.4. The van der Waals surface area contributed by atoms with Crippen molar-refractivity contribution >= 4 is 29.1 Å². The predicted molar refractivity (Wildman–Crippen MR) is 86.4 cm³/mol. The molecule has 2 atom stereocenters. The van der Waals surface area contributed by atoms with Crippen LogP contribution in [0.25, 0.3) is 0 Å². The molecular weight excluding hydrogens is 307 g/mol. The number of hydrogen-bond acceptors (Lipinski definition) is 2. The number of carbonyl (C=O) groups is 1. The smallest absolute Gasteiger partial charge is 0.241 e. The van der Waals surface area contributed by atoms with Gasteiger partial charge in [-0.05, 0) is 30.2 Å². The standard InChI is InChI=1S/C16H16Cl2N2O/c1-10(13-8-7-12(17)9-14(13)18)20-16(21)15(19)11-5-3-2-4-6-11/h2-10,15H,19H2,1H3,(H,20,21). The van der Waals surface area contributed by atoms with Gasteiger partial charge in [0.25, 0.3) is 0 Å². The van der Waals surface area contributed by atoms with Crippen molar-refractivity contribution in [1.29, 1.82) is 0 Å². The Balaban J connectivity index is 2.08. The maximum absolute atomic E-state index is 12.2. The first-order chi connectivity index (χ1) is 9.99. The minimum absolute atomic E-state index is 0.250. The maximum atomic E-state index is 12.2. The molecule has 0 aromatic heterocycles. The van der Waals surface area contributed by atoms with Gasteiger partial charge in [-0.3, -0.25) is 4.79 Å². The average Bonchev–Trinajstić information content (AvgIpc) is 2.47. The number of nitrogens with one attached hydrogen (secondary N) is 1. The molecular formula is C16H16Cl2N2O. The first kappa shape index (κ1) is 15.8. The molecule has 110 valence electrons. The van der Waals surface area contributed by atoms with Crippen molar-refractivity contribution in [2.45, 2.75) is 19.0 Å². The Labute approximate surface area is 134 Å². The van der Waals surface area contributed by atoms with Crippen molar-refractivity contribution in [3.63, 3.8) is 0 Å². The molecule has 5 heteroatoms. The Kier molecular flexibility index (Phi) is 5.23. The third-order valence-corrected chi connectivity index (χ3v) is 3.79. The highest BCUT2D eigenvalue weighted by Gasteiger charge is 2.19. The van der Waals surface area contributed by atoms with E-state index in [1.54, 1.807) is 18.2 Å². The molecule has 0 radical (unpaired) electrons. The fraction of sp³-hybridized carbons (Fsp3) is 0.188. The Morgan fingerprint density at radius 2 is 1.81 bits per heavy atom. The van der Waals surface area contributed by atoms with Gasteiger partial charge in [0.2, 0.25) is 5.91 Å². The van der Waals surface area contributed by atoms with Crippen molar-refractivity contribution in [3.8, 4) is 0 Å². The third-order valence-electron chi connectivity index (χ3n) is 3.23. The number of halogens is 2. The van der Waals surface area contributed by atoms with Gasteiger partial charge in [0, 0.05) is 10.0 Å². The molecule has 2 unspecified atom stereocenters. The van der Waals surface area contributed by atoms with Gasteiger partial charge < -0.3 is 11.1 Å². The van der Waals surface area contributed by atoms with E-state index in [-0.39, 0.29) is 11.9 Å². The molecule has 0 spiro atoms. The highest BCUT2D eigenvalue weighted by molar-refractivity contribution is 6.35. The predicted octanol–water partition coefficient (Wildman–Crippen LogP) is 3.87. The van der Waals surface area contributed by atoms with E-state index >= 15 is 0 Å². The molecule has 0 aliphatic carbocycles. The summed E-state index contributed by atoms with van der Waals surface area (Å²) in [7, 11) is 0. The zero-order valence-corrected chi connectivity index (χ0v) is 13.0. The summed E-state index contributed by atoms with van der Waals surface area (Å²) in [6.45, 7) is 1.85. The summed E-state index contributed by atoms with van der Waals surface area (Å²) in [5, 5.41) is 3.94. The maximum Gasteiger partial charge on any atom is 0.241 e. The largest absolute Gasteiger partial charge is 0.348 e. The van der Waals surface area contributed by atoms with Crippen LogP contribution in [-0.4, -0.2) is 5.91 Å². The van der Waals surface area contributed by atoms with Crippen LogP contribution in [0.15, 0.2) is 48.5 Å². The molecule has 0 aliphatic heterocycles. The minimum Gasteiger partial charge on any atom is -0.348 e. The van der Waals surface area contributed by atoms with Gasteiger partial charge in [-0.1, -0.05) is 59.6 Å². The van der Waals surface area contributed by atoms with Crippen LogP contribution in [0.3, 0.4) is 0 Å². The lowest BCUT2D eigenvalue weighted by Crippen LogP contribution is -2.35. The summed E-state index contributed by atoms with van der Waals surface area (Å²) >= 11 is 12.0. The van der Waals surface area contributed by atoms with Crippen LogP contribution >= 0.6 is 23.2 Å². The molecule has 0 bridgehead atoms. The lowest BCUT2D eigenvalue weighted by atomic mass is 10.0. The van der Waals surface area contributed by atoms with Crippen LogP contribution < -0.4 is 11.1 Å². The van der Waals surface area contributed by atoms with Crippen molar-refractivity contribution in [1.82, 2.24) is 5.32 Å². The highest BCUT2D eigenvalue weighted by Crippen LogP contribution is 2.26. The fourth-order valence-corrected chi connectivity index (χ4v) is 2.62. The summed E-state index contributed by atoms with van der Waals surface area (Å²) in [5.41, 5.74) is 7.53. The normalized spacial score (nSPS) is 13.5. The number of hydrogen-bond donors (Lipinski definition) is 2. The van der Waals surface area contributed by atoms with Gasteiger partial charge in [0.1, 0.15) is 6.04 Å². The first-order valence-corrected chi connectivity index (χ1v) is 7.30. The lowest BCUT2D eigenvalue weighted by molar-refractivity contribution is -0.123. The number of benzene rings is 2. The minimum atomic E-state index is -0.709. The molecule has 2 aromatic carbocycles. The second kappa shape index (κ2) is 6.94. The van der Waals surface area contributed by atoms with Crippen molar-refractivity contribution in [2.75, 3.05) is 0 Å². The Hall–Kier alpha value is -1.55. The van der Waals surface area contributed by atoms with E-state index in [9.17, 15) is 4.79 Å². The van der Waals surface area contributed by atoms with E-state index in [2.05, 4.69) is 5.32 Å². The molecule has 0 saturated heterocycles. The highest BCUT2D eigenvalue weighted by atomic mass is 35.5. The van der Waals surface area contributed by atoms with Crippen molar-refractivity contribution in [2.24, 2.45) is 5.73 Å². The molecule has 1 amide bonds. The lowest BCUT2D eigenvalue weighted by Gasteiger charge is -2.19. The molecule has 2 aromatic rings. The van der Waals surface area contributed by atoms with Crippen molar-refractivity contribution < 1.29 is 4.79 Å². The Morgan fingerprint density at radius 1 is 1.14 bits per heavy atom. The van der Waals surface area contributed by atoms with Crippen LogP contribution in [0.5, 0.6) is 0 Å². The van der Waals surface area contributed by atoms with Crippen molar-refractivity contribution in [3.05, 3.63) is 69.7 Å². The van der Waals surface area contributed by atoms with Gasteiger partial charge in [0.15, 0.2) is 0 Å². The summed E-state index contributed by atoms with van der Waals surface area (Å²) in [4.78, 5) is 12.2. The van der Waals surface area contributed by atoms with Crippen LogP contribution in [0, 0.1) is 0 Å². The summed E-state index contributed by atoms with van der Waals surface area (Å²) in [5.74, 6) is -0.250. The number of nitrogens with two attached hydrogens (primary N) is 1. The van der Waals surface area contributed by atoms with Gasteiger partial charge in [-0.15, -0.1) is 0 Å². The van der Waals surface area contributed by atoms with E-state index in [0.717, 1.165) is 11.1 Å². The Bertz CT molecular complexity index is 631. The van der Waals surface area contributed by atoms with E-state index in [1.165, 1.54) is 0 Å². The molecule has 2 rings (SSSR count). The van der Waals surface area contributed by atoms with Gasteiger partial charge >= 0.3 is 0 Å². The number of amides is 1.